The van der Waals surface area contributed by atoms with Gasteiger partial charge in [0.15, 0.2) is 6.61 Å². The van der Waals surface area contributed by atoms with Gasteiger partial charge in [0.1, 0.15) is 5.75 Å². The number of nitrogens with zero attached hydrogens (tertiary/aromatic N) is 1. The van der Waals surface area contributed by atoms with E-state index >= 15 is 0 Å². The molecule has 0 bridgehead atoms. The number of amides is 2. The summed E-state index contributed by atoms with van der Waals surface area (Å²) in [6.45, 7) is 0.943. The molecular weight excluding hydrogens is 306 g/mol. The number of likely N-dealkylation sites (N-methyl/N-ethyl adjacent to an activating group) is 1. The Morgan fingerprint density at radius 3 is 2.68 bits per heavy atom. The SMILES string of the molecule is CN(C)C(=O)COc1cccc(CNC(=O)CCCN)c1.Cl. The van der Waals surface area contributed by atoms with E-state index in [2.05, 4.69) is 5.32 Å². The fraction of sp³-hybridized carbons (Fsp3) is 0.467. The zero-order valence-corrected chi connectivity index (χ0v) is 13.8. The van der Waals surface area contributed by atoms with Crippen molar-refractivity contribution in [2.24, 2.45) is 5.73 Å². The highest BCUT2D eigenvalue weighted by Gasteiger charge is 2.06. The third-order valence-electron chi connectivity index (χ3n) is 2.86. The fourth-order valence-electron chi connectivity index (χ4n) is 1.57. The summed E-state index contributed by atoms with van der Waals surface area (Å²) in [4.78, 5) is 24.4. The number of carbonyl (C=O) groups excluding carboxylic acids is 2. The number of halogens is 1. The van der Waals surface area contributed by atoms with Gasteiger partial charge in [0.2, 0.25) is 5.91 Å². The second-order valence-electron chi connectivity index (χ2n) is 4.89. The average Bonchev–Trinajstić information content (AvgIpc) is 2.48. The van der Waals surface area contributed by atoms with Crippen molar-refractivity contribution in [2.75, 3.05) is 27.2 Å². The molecule has 3 N–H and O–H groups in total. The molecule has 0 aromatic heterocycles. The zero-order valence-electron chi connectivity index (χ0n) is 13.0. The second-order valence-corrected chi connectivity index (χ2v) is 4.89. The fourth-order valence-corrected chi connectivity index (χ4v) is 1.57. The summed E-state index contributed by atoms with van der Waals surface area (Å²) in [5.41, 5.74) is 6.28. The van der Waals surface area contributed by atoms with Crippen LogP contribution < -0.4 is 15.8 Å². The molecule has 6 nitrogen and oxygen atoms in total. The standard InChI is InChI=1S/C15H23N3O3.ClH/c1-18(2)15(20)11-21-13-6-3-5-12(9-13)10-17-14(19)7-4-8-16;/h3,5-6,9H,4,7-8,10-11,16H2,1-2H3,(H,17,19);1H. The number of ether oxygens (including phenoxy) is 1. The molecule has 1 aromatic carbocycles. The summed E-state index contributed by atoms with van der Waals surface area (Å²) < 4.78 is 5.42. The minimum Gasteiger partial charge on any atom is -0.484 e. The Morgan fingerprint density at radius 1 is 1.32 bits per heavy atom. The van der Waals surface area contributed by atoms with Crippen molar-refractivity contribution in [1.82, 2.24) is 10.2 Å². The maximum atomic E-state index is 11.5. The van der Waals surface area contributed by atoms with Crippen molar-refractivity contribution in [3.05, 3.63) is 29.8 Å². The molecular formula is C15H24ClN3O3. The molecule has 2 amide bonds. The predicted molar refractivity (Wildman–Crippen MR) is 88.0 cm³/mol. The molecule has 0 aliphatic carbocycles. The molecule has 0 unspecified atom stereocenters. The molecule has 0 aliphatic heterocycles. The van der Waals surface area contributed by atoms with E-state index in [1.165, 1.54) is 4.90 Å². The number of nitrogens with one attached hydrogen (secondary N) is 1. The Kier molecular flexibility index (Phi) is 9.98. The van der Waals surface area contributed by atoms with Gasteiger partial charge in [-0.3, -0.25) is 9.59 Å². The van der Waals surface area contributed by atoms with Crippen LogP contribution in [-0.4, -0.2) is 44.0 Å². The molecule has 0 saturated carbocycles. The lowest BCUT2D eigenvalue weighted by Crippen LogP contribution is -2.27. The van der Waals surface area contributed by atoms with E-state index in [9.17, 15) is 9.59 Å². The van der Waals surface area contributed by atoms with Gasteiger partial charge in [-0.1, -0.05) is 12.1 Å². The summed E-state index contributed by atoms with van der Waals surface area (Å²) >= 11 is 0. The van der Waals surface area contributed by atoms with Gasteiger partial charge in [-0.05, 0) is 30.7 Å². The maximum absolute atomic E-state index is 11.5. The molecule has 7 heteroatoms. The first-order valence-electron chi connectivity index (χ1n) is 6.91. The van der Waals surface area contributed by atoms with E-state index in [1.807, 2.05) is 18.2 Å². The molecule has 124 valence electrons. The van der Waals surface area contributed by atoms with Crippen molar-refractivity contribution < 1.29 is 14.3 Å². The molecule has 0 atom stereocenters. The Hall–Kier alpha value is -1.79. The summed E-state index contributed by atoms with van der Waals surface area (Å²) in [7, 11) is 3.36. The smallest absolute Gasteiger partial charge is 0.259 e. The predicted octanol–water partition coefficient (Wildman–Crippen LogP) is 0.931. The lowest BCUT2D eigenvalue weighted by Gasteiger charge is -2.12. The van der Waals surface area contributed by atoms with Crippen LogP contribution in [0.5, 0.6) is 5.75 Å². The van der Waals surface area contributed by atoms with Gasteiger partial charge in [0, 0.05) is 27.1 Å². The Bertz CT molecular complexity index is 481. The van der Waals surface area contributed by atoms with E-state index in [0.717, 1.165) is 5.56 Å². The van der Waals surface area contributed by atoms with E-state index < -0.39 is 0 Å². The van der Waals surface area contributed by atoms with Gasteiger partial charge in [-0.15, -0.1) is 12.4 Å². The molecule has 0 fully saturated rings. The van der Waals surface area contributed by atoms with Crippen molar-refractivity contribution in [3.63, 3.8) is 0 Å². The van der Waals surface area contributed by atoms with Gasteiger partial charge in [0.25, 0.3) is 5.91 Å². The Labute approximate surface area is 137 Å². The summed E-state index contributed by atoms with van der Waals surface area (Å²) in [6, 6.07) is 7.31. The zero-order chi connectivity index (χ0) is 15.7. The highest BCUT2D eigenvalue weighted by atomic mass is 35.5. The van der Waals surface area contributed by atoms with Crippen LogP contribution in [0.25, 0.3) is 0 Å². The Balaban J connectivity index is 0.00000441. The highest BCUT2D eigenvalue weighted by Crippen LogP contribution is 2.13. The van der Waals surface area contributed by atoms with E-state index in [1.54, 1.807) is 20.2 Å². The van der Waals surface area contributed by atoms with E-state index in [-0.39, 0.29) is 30.8 Å². The quantitative estimate of drug-likeness (QED) is 0.743. The number of benzene rings is 1. The van der Waals surface area contributed by atoms with Crippen LogP contribution in [0.15, 0.2) is 24.3 Å². The molecule has 0 aliphatic rings. The average molecular weight is 330 g/mol. The van der Waals surface area contributed by atoms with E-state index in [4.69, 9.17) is 10.5 Å². The molecule has 1 rings (SSSR count). The summed E-state index contributed by atoms with van der Waals surface area (Å²) in [5, 5.41) is 2.82. The van der Waals surface area contributed by atoms with Crippen molar-refractivity contribution in [1.29, 1.82) is 0 Å². The molecule has 1 aromatic rings. The summed E-state index contributed by atoms with van der Waals surface area (Å²) in [5.74, 6) is 0.490. The highest BCUT2D eigenvalue weighted by molar-refractivity contribution is 5.85. The lowest BCUT2D eigenvalue weighted by atomic mass is 10.2. The third kappa shape index (κ3) is 7.85. The largest absolute Gasteiger partial charge is 0.484 e. The minimum absolute atomic E-state index is 0. The number of nitrogens with two attached hydrogens (primary N) is 1. The first kappa shape index (κ1) is 20.2. The lowest BCUT2D eigenvalue weighted by molar-refractivity contribution is -0.130. The number of carbonyl (C=O) groups is 2. The van der Waals surface area contributed by atoms with Crippen LogP contribution in [-0.2, 0) is 16.1 Å². The topological polar surface area (TPSA) is 84.7 Å². The van der Waals surface area contributed by atoms with Crippen LogP contribution in [0.2, 0.25) is 0 Å². The normalized spacial score (nSPS) is 9.59. The first-order valence-corrected chi connectivity index (χ1v) is 6.91. The van der Waals surface area contributed by atoms with Crippen molar-refractivity contribution >= 4 is 24.2 Å². The van der Waals surface area contributed by atoms with E-state index in [0.29, 0.717) is 31.7 Å². The van der Waals surface area contributed by atoms with Gasteiger partial charge in [-0.25, -0.2) is 0 Å². The maximum Gasteiger partial charge on any atom is 0.259 e. The molecule has 0 heterocycles. The van der Waals surface area contributed by atoms with Crippen molar-refractivity contribution in [3.8, 4) is 5.75 Å². The first-order chi connectivity index (χ1) is 10.0. The number of rotatable bonds is 8. The minimum atomic E-state index is -0.101. The van der Waals surface area contributed by atoms with Crippen LogP contribution in [0, 0.1) is 0 Å². The monoisotopic (exact) mass is 329 g/mol. The van der Waals surface area contributed by atoms with Gasteiger partial charge < -0.3 is 20.7 Å². The van der Waals surface area contributed by atoms with Gasteiger partial charge in [0.05, 0.1) is 0 Å². The second kappa shape index (κ2) is 10.9. The van der Waals surface area contributed by atoms with Gasteiger partial charge >= 0.3 is 0 Å². The molecule has 0 radical (unpaired) electrons. The Morgan fingerprint density at radius 2 is 2.05 bits per heavy atom. The van der Waals surface area contributed by atoms with Crippen LogP contribution >= 0.6 is 12.4 Å². The van der Waals surface area contributed by atoms with Gasteiger partial charge in [-0.2, -0.15) is 0 Å². The number of hydrogen-bond acceptors (Lipinski definition) is 4. The number of hydrogen-bond donors (Lipinski definition) is 2. The van der Waals surface area contributed by atoms with Crippen LogP contribution in [0.1, 0.15) is 18.4 Å². The third-order valence-corrected chi connectivity index (χ3v) is 2.86. The van der Waals surface area contributed by atoms with Crippen LogP contribution in [0.4, 0.5) is 0 Å². The molecule has 0 saturated heterocycles. The summed E-state index contributed by atoms with van der Waals surface area (Å²) in [6.07, 6.45) is 1.12. The van der Waals surface area contributed by atoms with Crippen LogP contribution in [0.3, 0.4) is 0 Å². The molecule has 0 spiro atoms. The van der Waals surface area contributed by atoms with Crippen molar-refractivity contribution in [2.45, 2.75) is 19.4 Å². The molecule has 22 heavy (non-hydrogen) atoms.